The fourth-order valence-corrected chi connectivity index (χ4v) is 2.50. The average molecular weight is 289 g/mol. The molecule has 0 aromatic carbocycles. The number of nitrogens with zero attached hydrogens (tertiary/aromatic N) is 1. The second kappa shape index (κ2) is 5.48. The first-order valence-electron chi connectivity index (χ1n) is 5.42. The molecule has 0 spiro atoms. The summed E-state index contributed by atoms with van der Waals surface area (Å²) in [6.07, 6.45) is 3.04. The number of H-pyrrole nitrogens is 1. The first-order valence-corrected chi connectivity index (χ1v) is 6.34. The van der Waals surface area contributed by atoms with Crippen LogP contribution in [0, 0.1) is 6.92 Å². The minimum absolute atomic E-state index is 0.0167. The van der Waals surface area contributed by atoms with Gasteiger partial charge in [-0.3, -0.25) is 9.36 Å². The summed E-state index contributed by atoms with van der Waals surface area (Å²) in [4.78, 5) is 26.0. The number of hydrogen-bond donors (Lipinski definition) is 1. The highest BCUT2D eigenvalue weighted by Crippen LogP contribution is 2.26. The highest BCUT2D eigenvalue weighted by atomic mass is 79.9. The molecule has 0 saturated heterocycles. The zero-order chi connectivity index (χ0) is 12.3. The zero-order valence-corrected chi connectivity index (χ0v) is 11.4. The van der Waals surface area contributed by atoms with E-state index in [1.807, 2.05) is 0 Å². The van der Waals surface area contributed by atoms with E-state index >= 15 is 0 Å². The maximum Gasteiger partial charge on any atom is 0.328 e. The SMILES string of the molecule is CCCCC(Br)c1c(C)[nH]c(=O)n(C)c1=O. The summed E-state index contributed by atoms with van der Waals surface area (Å²) in [6, 6.07) is 0. The predicted molar refractivity (Wildman–Crippen MR) is 68.2 cm³/mol. The number of unbranched alkanes of at least 4 members (excludes halogenated alkanes) is 1. The van der Waals surface area contributed by atoms with Gasteiger partial charge < -0.3 is 4.98 Å². The lowest BCUT2D eigenvalue weighted by molar-refractivity contribution is 0.678. The summed E-state index contributed by atoms with van der Waals surface area (Å²) in [5.41, 5.74) is 0.752. The van der Waals surface area contributed by atoms with Crippen LogP contribution in [0.5, 0.6) is 0 Å². The molecule has 0 aliphatic carbocycles. The molecule has 0 amide bonds. The second-order valence-corrected chi connectivity index (χ2v) is 5.05. The number of hydrogen-bond acceptors (Lipinski definition) is 2. The minimum Gasteiger partial charge on any atom is -0.311 e. The number of aromatic nitrogens is 2. The van der Waals surface area contributed by atoms with Gasteiger partial charge in [-0.25, -0.2) is 4.79 Å². The van der Waals surface area contributed by atoms with Crippen molar-refractivity contribution in [3.63, 3.8) is 0 Å². The monoisotopic (exact) mass is 288 g/mol. The smallest absolute Gasteiger partial charge is 0.311 e. The Kier molecular flexibility index (Phi) is 4.53. The van der Waals surface area contributed by atoms with Crippen molar-refractivity contribution in [3.8, 4) is 0 Å². The van der Waals surface area contributed by atoms with Crippen LogP contribution >= 0.6 is 15.9 Å². The van der Waals surface area contributed by atoms with Crippen molar-refractivity contribution in [1.29, 1.82) is 0 Å². The first-order chi connectivity index (χ1) is 7.49. The van der Waals surface area contributed by atoms with Crippen molar-refractivity contribution in [2.75, 3.05) is 0 Å². The Bertz CT molecular complexity index is 476. The largest absolute Gasteiger partial charge is 0.328 e. The molecule has 0 bridgehead atoms. The molecule has 0 fully saturated rings. The fourth-order valence-electron chi connectivity index (χ4n) is 1.64. The molecule has 1 unspecified atom stereocenters. The van der Waals surface area contributed by atoms with Gasteiger partial charge in [-0.15, -0.1) is 0 Å². The van der Waals surface area contributed by atoms with Crippen LogP contribution in [-0.2, 0) is 7.05 Å². The van der Waals surface area contributed by atoms with Crippen LogP contribution in [0.3, 0.4) is 0 Å². The molecule has 1 atom stereocenters. The molecule has 1 aromatic rings. The number of alkyl halides is 1. The Hall–Kier alpha value is -0.840. The van der Waals surface area contributed by atoms with E-state index in [-0.39, 0.29) is 16.1 Å². The maximum atomic E-state index is 11.9. The van der Waals surface area contributed by atoms with Crippen LogP contribution in [0.15, 0.2) is 9.59 Å². The van der Waals surface area contributed by atoms with Gasteiger partial charge in [0.2, 0.25) is 0 Å². The third-order valence-corrected chi connectivity index (χ3v) is 3.58. The Morgan fingerprint density at radius 1 is 1.44 bits per heavy atom. The van der Waals surface area contributed by atoms with E-state index in [1.54, 1.807) is 6.92 Å². The normalized spacial score (nSPS) is 12.8. The van der Waals surface area contributed by atoms with Gasteiger partial charge in [0.25, 0.3) is 5.56 Å². The highest BCUT2D eigenvalue weighted by Gasteiger charge is 2.16. The molecule has 90 valence electrons. The Labute approximate surface area is 103 Å². The van der Waals surface area contributed by atoms with Crippen molar-refractivity contribution in [3.05, 3.63) is 32.1 Å². The fraction of sp³-hybridized carbons (Fsp3) is 0.636. The number of rotatable bonds is 4. The van der Waals surface area contributed by atoms with Crippen LogP contribution in [0.1, 0.15) is 42.3 Å². The van der Waals surface area contributed by atoms with E-state index in [0.717, 1.165) is 23.8 Å². The van der Waals surface area contributed by atoms with Crippen LogP contribution in [0.25, 0.3) is 0 Å². The molecule has 0 radical (unpaired) electrons. The van der Waals surface area contributed by atoms with Gasteiger partial charge in [0.15, 0.2) is 0 Å². The van der Waals surface area contributed by atoms with E-state index in [2.05, 4.69) is 27.8 Å². The molecular formula is C11H17BrN2O2. The van der Waals surface area contributed by atoms with Gasteiger partial charge in [-0.1, -0.05) is 35.7 Å². The van der Waals surface area contributed by atoms with Crippen LogP contribution < -0.4 is 11.2 Å². The van der Waals surface area contributed by atoms with E-state index in [1.165, 1.54) is 7.05 Å². The van der Waals surface area contributed by atoms with Crippen molar-refractivity contribution in [2.24, 2.45) is 7.05 Å². The van der Waals surface area contributed by atoms with E-state index in [9.17, 15) is 9.59 Å². The zero-order valence-electron chi connectivity index (χ0n) is 9.84. The maximum absolute atomic E-state index is 11.9. The topological polar surface area (TPSA) is 54.9 Å². The number of aromatic amines is 1. The summed E-state index contributed by atoms with van der Waals surface area (Å²) in [6.45, 7) is 3.87. The molecule has 1 aromatic heterocycles. The van der Waals surface area contributed by atoms with Crippen molar-refractivity contribution in [1.82, 2.24) is 9.55 Å². The molecule has 0 aliphatic heterocycles. The Balaban J connectivity index is 3.19. The quantitative estimate of drug-likeness (QED) is 0.862. The van der Waals surface area contributed by atoms with Crippen molar-refractivity contribution < 1.29 is 0 Å². The van der Waals surface area contributed by atoms with Crippen LogP contribution in [0.2, 0.25) is 0 Å². The molecule has 0 saturated carbocycles. The lowest BCUT2D eigenvalue weighted by Gasteiger charge is -2.12. The standard InChI is InChI=1S/C11H17BrN2O2/c1-4-5-6-8(12)9-7(2)13-11(16)14(3)10(9)15/h8H,4-6H2,1-3H3,(H,13,16). The Morgan fingerprint density at radius 2 is 2.06 bits per heavy atom. The average Bonchev–Trinajstić information content (AvgIpc) is 2.23. The van der Waals surface area contributed by atoms with Gasteiger partial charge in [-0.05, 0) is 13.3 Å². The summed E-state index contributed by atoms with van der Waals surface area (Å²) >= 11 is 3.51. The molecular weight excluding hydrogens is 272 g/mol. The van der Waals surface area contributed by atoms with Crippen LogP contribution in [0.4, 0.5) is 0 Å². The van der Waals surface area contributed by atoms with E-state index in [4.69, 9.17) is 0 Å². The summed E-state index contributed by atoms with van der Waals surface area (Å²) in [5, 5.41) is 0. The van der Waals surface area contributed by atoms with Gasteiger partial charge in [0.1, 0.15) is 0 Å². The highest BCUT2D eigenvalue weighted by molar-refractivity contribution is 9.09. The van der Waals surface area contributed by atoms with Crippen LogP contribution in [-0.4, -0.2) is 9.55 Å². The molecule has 4 nitrogen and oxygen atoms in total. The molecule has 0 aliphatic rings. The number of aryl methyl sites for hydroxylation is 1. The van der Waals surface area contributed by atoms with E-state index < -0.39 is 0 Å². The lowest BCUT2D eigenvalue weighted by atomic mass is 10.1. The van der Waals surface area contributed by atoms with Gasteiger partial charge in [-0.2, -0.15) is 0 Å². The predicted octanol–water partition coefficient (Wildman–Crippen LogP) is 2.01. The van der Waals surface area contributed by atoms with Gasteiger partial charge in [0.05, 0.1) is 5.56 Å². The molecule has 1 N–H and O–H groups in total. The second-order valence-electron chi connectivity index (χ2n) is 3.94. The first kappa shape index (κ1) is 13.2. The summed E-state index contributed by atoms with van der Waals surface area (Å²) in [5.74, 6) is 0. The van der Waals surface area contributed by atoms with E-state index in [0.29, 0.717) is 11.3 Å². The molecule has 1 rings (SSSR count). The van der Waals surface area contributed by atoms with Gasteiger partial charge >= 0.3 is 5.69 Å². The Morgan fingerprint density at radius 3 is 2.62 bits per heavy atom. The third kappa shape index (κ3) is 2.64. The minimum atomic E-state index is -0.360. The molecule has 16 heavy (non-hydrogen) atoms. The summed E-state index contributed by atoms with van der Waals surface area (Å²) in [7, 11) is 1.49. The number of halogens is 1. The molecule has 1 heterocycles. The molecule has 5 heteroatoms. The number of nitrogens with one attached hydrogen (secondary N) is 1. The lowest BCUT2D eigenvalue weighted by Crippen LogP contribution is -2.36. The van der Waals surface area contributed by atoms with Crippen molar-refractivity contribution in [2.45, 2.75) is 37.9 Å². The van der Waals surface area contributed by atoms with Crippen molar-refractivity contribution >= 4 is 15.9 Å². The third-order valence-electron chi connectivity index (χ3n) is 2.66. The van der Waals surface area contributed by atoms with Gasteiger partial charge in [0, 0.05) is 17.6 Å². The summed E-state index contributed by atoms with van der Waals surface area (Å²) < 4.78 is 1.11.